The summed E-state index contributed by atoms with van der Waals surface area (Å²) in [6, 6.07) is 17.0. The number of rotatable bonds is 6. The Morgan fingerprint density at radius 3 is 1.97 bits per heavy atom. The van der Waals surface area contributed by atoms with Gasteiger partial charge in [0, 0.05) is 55.8 Å². The molecular weight excluding hydrogens is 480 g/mol. The zero-order chi connectivity index (χ0) is 26.5. The number of nitrogens with zero attached hydrogens (tertiary/aromatic N) is 4. The molecule has 2 aromatic carbocycles. The van der Waals surface area contributed by atoms with Gasteiger partial charge in [-0.25, -0.2) is 0 Å². The van der Waals surface area contributed by atoms with Crippen LogP contribution in [0.15, 0.2) is 54.6 Å². The second-order valence-electron chi connectivity index (χ2n) is 11.1. The number of carbonyl (C=O) groups excluding carboxylic acids is 2. The van der Waals surface area contributed by atoms with Gasteiger partial charge in [-0.1, -0.05) is 30.3 Å². The molecule has 3 saturated heterocycles. The first kappa shape index (κ1) is 26.4. The van der Waals surface area contributed by atoms with Crippen LogP contribution in [0.4, 0.5) is 5.69 Å². The summed E-state index contributed by atoms with van der Waals surface area (Å²) in [7, 11) is 0. The van der Waals surface area contributed by atoms with Crippen molar-refractivity contribution in [3.05, 3.63) is 75.8 Å². The zero-order valence-corrected chi connectivity index (χ0v) is 22.0. The summed E-state index contributed by atoms with van der Waals surface area (Å²) in [5, 5.41) is 10.9. The summed E-state index contributed by atoms with van der Waals surface area (Å²) < 4.78 is 0. The molecule has 3 aliphatic heterocycles. The van der Waals surface area contributed by atoms with E-state index in [0.717, 1.165) is 71.1 Å². The van der Waals surface area contributed by atoms with Crippen LogP contribution in [0.2, 0.25) is 0 Å². The largest absolute Gasteiger partial charge is 0.342 e. The first-order valence-electron chi connectivity index (χ1n) is 14.1. The van der Waals surface area contributed by atoms with Gasteiger partial charge >= 0.3 is 0 Å². The van der Waals surface area contributed by atoms with Gasteiger partial charge in [-0.3, -0.25) is 19.7 Å². The highest BCUT2D eigenvalue weighted by Gasteiger charge is 2.34. The Balaban J connectivity index is 1.03. The third-order valence-electron chi connectivity index (χ3n) is 8.77. The summed E-state index contributed by atoms with van der Waals surface area (Å²) in [6.45, 7) is 5.05. The number of non-ortho nitro benzene ring substituents is 1. The average molecular weight is 519 g/mol. The Hall–Kier alpha value is -3.26. The minimum atomic E-state index is -0.453. The number of hydrogen-bond acceptors (Lipinski definition) is 5. The lowest BCUT2D eigenvalue weighted by molar-refractivity contribution is -0.384. The number of carbonyl (C=O) groups is 2. The fourth-order valence-corrected chi connectivity index (χ4v) is 6.42. The lowest BCUT2D eigenvalue weighted by atomic mass is 9.88. The monoisotopic (exact) mass is 518 g/mol. The highest BCUT2D eigenvalue weighted by molar-refractivity contribution is 5.94. The van der Waals surface area contributed by atoms with Crippen molar-refractivity contribution < 1.29 is 14.5 Å². The van der Waals surface area contributed by atoms with Gasteiger partial charge in [-0.15, -0.1) is 0 Å². The molecule has 8 nitrogen and oxygen atoms in total. The molecule has 2 amide bonds. The summed E-state index contributed by atoms with van der Waals surface area (Å²) in [4.78, 5) is 43.0. The minimum Gasteiger partial charge on any atom is -0.342 e. The van der Waals surface area contributed by atoms with Crippen molar-refractivity contribution >= 4 is 17.5 Å². The van der Waals surface area contributed by atoms with Gasteiger partial charge < -0.3 is 14.7 Å². The van der Waals surface area contributed by atoms with Crippen LogP contribution in [0, 0.1) is 22.0 Å². The van der Waals surface area contributed by atoms with Crippen molar-refractivity contribution in [3.8, 4) is 0 Å². The maximum Gasteiger partial charge on any atom is 0.269 e. The van der Waals surface area contributed by atoms with Crippen molar-refractivity contribution in [1.29, 1.82) is 0 Å². The topological polar surface area (TPSA) is 87.0 Å². The first-order valence-corrected chi connectivity index (χ1v) is 14.1. The Kier molecular flexibility index (Phi) is 8.37. The predicted octanol–water partition coefficient (Wildman–Crippen LogP) is 4.39. The molecule has 0 atom stereocenters. The maximum atomic E-state index is 13.2. The van der Waals surface area contributed by atoms with Crippen LogP contribution in [0.1, 0.15) is 54.4 Å². The van der Waals surface area contributed by atoms with Crippen molar-refractivity contribution in [3.63, 3.8) is 0 Å². The lowest BCUT2D eigenvalue weighted by Gasteiger charge is -2.42. The van der Waals surface area contributed by atoms with Crippen molar-refractivity contribution in [2.24, 2.45) is 11.8 Å². The third-order valence-corrected chi connectivity index (χ3v) is 8.77. The van der Waals surface area contributed by atoms with Crippen LogP contribution in [-0.4, -0.2) is 76.7 Å². The van der Waals surface area contributed by atoms with E-state index < -0.39 is 4.92 Å². The van der Waals surface area contributed by atoms with Crippen LogP contribution < -0.4 is 0 Å². The van der Waals surface area contributed by atoms with Crippen molar-refractivity contribution in [2.75, 3.05) is 39.3 Å². The molecule has 3 heterocycles. The number of piperidine rings is 3. The van der Waals surface area contributed by atoms with E-state index in [0.29, 0.717) is 36.5 Å². The summed E-state index contributed by atoms with van der Waals surface area (Å²) >= 11 is 0. The lowest BCUT2D eigenvalue weighted by Crippen LogP contribution is -2.51. The van der Waals surface area contributed by atoms with Gasteiger partial charge in [0.15, 0.2) is 0 Å². The Labute approximate surface area is 224 Å². The Bertz CT molecular complexity index is 1100. The van der Waals surface area contributed by atoms with E-state index in [-0.39, 0.29) is 17.5 Å². The molecule has 3 fully saturated rings. The molecule has 0 spiro atoms. The van der Waals surface area contributed by atoms with E-state index in [1.54, 1.807) is 12.1 Å². The van der Waals surface area contributed by atoms with Crippen LogP contribution in [0.3, 0.4) is 0 Å². The van der Waals surface area contributed by atoms with Gasteiger partial charge in [-0.2, -0.15) is 0 Å². The molecule has 0 bridgehead atoms. The van der Waals surface area contributed by atoms with Crippen molar-refractivity contribution in [1.82, 2.24) is 14.7 Å². The second-order valence-corrected chi connectivity index (χ2v) is 11.1. The number of likely N-dealkylation sites (tertiary alicyclic amines) is 3. The molecule has 0 unspecified atom stereocenters. The number of amides is 2. The Morgan fingerprint density at radius 2 is 1.37 bits per heavy atom. The first-order chi connectivity index (χ1) is 18.5. The second kappa shape index (κ2) is 12.1. The maximum absolute atomic E-state index is 13.2. The number of nitro benzene ring substituents is 1. The fraction of sp³-hybridized carbons (Fsp3) is 0.533. The van der Waals surface area contributed by atoms with Crippen LogP contribution in [0.5, 0.6) is 0 Å². The molecule has 0 saturated carbocycles. The molecular formula is C30H38N4O4. The molecule has 0 radical (unpaired) electrons. The molecule has 0 aliphatic carbocycles. The quantitative estimate of drug-likeness (QED) is 0.418. The molecule has 3 aliphatic rings. The van der Waals surface area contributed by atoms with E-state index in [4.69, 9.17) is 0 Å². The molecule has 8 heteroatoms. The SMILES string of the molecule is O=C(c1ccc([N+](=O)[O-])cc1)N1CCC(N2CCC(C(=O)N3CCC(Cc4ccccc4)CC3)CC2)CC1. The minimum absolute atomic E-state index is 0.00492. The van der Waals surface area contributed by atoms with Gasteiger partial charge in [-0.05, 0) is 81.6 Å². The smallest absolute Gasteiger partial charge is 0.269 e. The van der Waals surface area contributed by atoms with Crippen LogP contribution in [-0.2, 0) is 11.2 Å². The summed E-state index contributed by atoms with van der Waals surface area (Å²) in [6.07, 6.45) is 6.99. The molecule has 202 valence electrons. The zero-order valence-electron chi connectivity index (χ0n) is 22.0. The van der Waals surface area contributed by atoms with Crippen LogP contribution >= 0.6 is 0 Å². The number of hydrogen-bond donors (Lipinski definition) is 0. The average Bonchev–Trinajstić information content (AvgIpc) is 2.97. The highest BCUT2D eigenvalue weighted by atomic mass is 16.6. The third kappa shape index (κ3) is 6.23. The predicted molar refractivity (Wildman–Crippen MR) is 146 cm³/mol. The van der Waals surface area contributed by atoms with Crippen LogP contribution in [0.25, 0.3) is 0 Å². The van der Waals surface area contributed by atoms with Gasteiger partial charge in [0.1, 0.15) is 0 Å². The number of nitro groups is 1. The number of benzene rings is 2. The van der Waals surface area contributed by atoms with Gasteiger partial charge in [0.2, 0.25) is 5.91 Å². The van der Waals surface area contributed by atoms with E-state index in [2.05, 4.69) is 40.1 Å². The molecule has 0 aromatic heterocycles. The normalized spacial score (nSPS) is 20.4. The van der Waals surface area contributed by atoms with Crippen molar-refractivity contribution in [2.45, 2.75) is 51.0 Å². The van der Waals surface area contributed by atoms with Gasteiger partial charge in [0.25, 0.3) is 11.6 Å². The highest BCUT2D eigenvalue weighted by Crippen LogP contribution is 2.28. The standard InChI is InChI=1S/C30H38N4O4/c35-29(25-6-8-28(9-7-25)34(37)38)33-20-14-27(15-21-33)31-18-12-26(13-19-31)30(36)32-16-10-24(11-17-32)22-23-4-2-1-3-5-23/h1-9,24,26-27H,10-22H2. The van der Waals surface area contributed by atoms with E-state index in [9.17, 15) is 19.7 Å². The fourth-order valence-electron chi connectivity index (χ4n) is 6.42. The summed E-state index contributed by atoms with van der Waals surface area (Å²) in [5.41, 5.74) is 1.89. The van der Waals surface area contributed by atoms with E-state index in [1.807, 2.05) is 4.90 Å². The van der Waals surface area contributed by atoms with E-state index in [1.165, 1.54) is 17.7 Å². The Morgan fingerprint density at radius 1 is 0.763 bits per heavy atom. The molecule has 5 rings (SSSR count). The molecule has 38 heavy (non-hydrogen) atoms. The van der Waals surface area contributed by atoms with E-state index >= 15 is 0 Å². The molecule has 0 N–H and O–H groups in total. The molecule has 2 aromatic rings. The van der Waals surface area contributed by atoms with Gasteiger partial charge in [0.05, 0.1) is 4.92 Å². The summed E-state index contributed by atoms with van der Waals surface area (Å²) in [5.74, 6) is 1.10.